The lowest BCUT2D eigenvalue weighted by molar-refractivity contribution is -0.134. The minimum Gasteiger partial charge on any atom is -0.344 e. The molecule has 0 aromatic rings. The van der Waals surface area contributed by atoms with E-state index in [2.05, 4.69) is 29.9 Å². The normalized spacial score (nSPS) is 21.7. The number of nitrogens with zero attached hydrogens (tertiary/aromatic N) is 2. The van der Waals surface area contributed by atoms with Gasteiger partial charge in [-0.2, -0.15) is 12.6 Å². The third-order valence-corrected chi connectivity index (χ3v) is 3.76. The molecule has 0 spiro atoms. The van der Waals surface area contributed by atoms with E-state index in [1.807, 2.05) is 0 Å². The van der Waals surface area contributed by atoms with Gasteiger partial charge in [-0.25, -0.2) is 0 Å². The van der Waals surface area contributed by atoms with Crippen LogP contribution in [0.3, 0.4) is 0 Å². The maximum absolute atomic E-state index is 12.1. The molecule has 2 unspecified atom stereocenters. The zero-order valence-electron chi connectivity index (χ0n) is 11.3. The Kier molecular flexibility index (Phi) is 5.95. The van der Waals surface area contributed by atoms with Crippen molar-refractivity contribution >= 4 is 24.4 Å². The average Bonchev–Trinajstić information content (AvgIpc) is 2.70. The molecule has 5 nitrogen and oxygen atoms in total. The highest BCUT2D eigenvalue weighted by molar-refractivity contribution is 7.80. The molecule has 1 saturated heterocycles. The summed E-state index contributed by atoms with van der Waals surface area (Å²) in [6, 6.07) is -0.0978. The van der Waals surface area contributed by atoms with Gasteiger partial charge in [-0.15, -0.1) is 0 Å². The Balaban J connectivity index is 2.50. The van der Waals surface area contributed by atoms with Crippen molar-refractivity contribution < 1.29 is 9.59 Å². The van der Waals surface area contributed by atoms with E-state index in [4.69, 9.17) is 0 Å². The summed E-state index contributed by atoms with van der Waals surface area (Å²) in [5.74, 6) is 0.0535. The number of amides is 2. The summed E-state index contributed by atoms with van der Waals surface area (Å²) in [6.07, 6.45) is 2.31. The molecule has 104 valence electrons. The second-order valence-corrected chi connectivity index (χ2v) is 5.30. The number of hydrogen-bond acceptors (Lipinski definition) is 4. The lowest BCUT2D eigenvalue weighted by Gasteiger charge is -2.28. The molecule has 0 bridgehead atoms. The quantitative estimate of drug-likeness (QED) is 0.692. The Morgan fingerprint density at radius 1 is 1.56 bits per heavy atom. The zero-order chi connectivity index (χ0) is 13.7. The third-order valence-electron chi connectivity index (χ3n) is 3.39. The summed E-state index contributed by atoms with van der Waals surface area (Å²) in [5.41, 5.74) is 0. The monoisotopic (exact) mass is 273 g/mol. The van der Waals surface area contributed by atoms with Crippen LogP contribution in [0.5, 0.6) is 0 Å². The fourth-order valence-corrected chi connectivity index (χ4v) is 2.56. The summed E-state index contributed by atoms with van der Waals surface area (Å²) in [7, 11) is 3.87. The highest BCUT2D eigenvalue weighted by Gasteiger charge is 2.27. The van der Waals surface area contributed by atoms with Gasteiger partial charge in [-0.05, 0) is 26.4 Å². The average molecular weight is 273 g/mol. The Hall–Kier alpha value is -0.750. The van der Waals surface area contributed by atoms with Crippen molar-refractivity contribution in [1.29, 1.82) is 0 Å². The highest BCUT2D eigenvalue weighted by Crippen LogP contribution is 2.15. The van der Waals surface area contributed by atoms with Gasteiger partial charge >= 0.3 is 0 Å². The van der Waals surface area contributed by atoms with Crippen molar-refractivity contribution in [1.82, 2.24) is 15.1 Å². The Bertz CT molecular complexity index is 312. The Labute approximate surface area is 114 Å². The smallest absolute Gasteiger partial charge is 0.245 e. The number of hydrogen-bond donors (Lipinski definition) is 2. The molecule has 1 rings (SSSR count). The summed E-state index contributed by atoms with van der Waals surface area (Å²) < 4.78 is 0. The second kappa shape index (κ2) is 6.99. The summed E-state index contributed by atoms with van der Waals surface area (Å²) in [4.78, 5) is 27.1. The first-order chi connectivity index (χ1) is 8.45. The van der Waals surface area contributed by atoms with Crippen molar-refractivity contribution in [3.8, 4) is 0 Å². The SMILES string of the molecule is CC(=O)NC(CS)C(=O)N(C)CC1CCCN1C. The molecular formula is C12H23N3O2S. The molecule has 1 heterocycles. The van der Waals surface area contributed by atoms with Gasteiger partial charge in [0.1, 0.15) is 6.04 Å². The van der Waals surface area contributed by atoms with Gasteiger partial charge in [0.05, 0.1) is 0 Å². The molecule has 1 fully saturated rings. The summed E-state index contributed by atoms with van der Waals surface area (Å²) in [5, 5.41) is 2.63. The van der Waals surface area contributed by atoms with Gasteiger partial charge in [-0.1, -0.05) is 0 Å². The summed E-state index contributed by atoms with van der Waals surface area (Å²) >= 11 is 4.12. The number of carbonyl (C=O) groups excluding carboxylic acids is 2. The molecule has 18 heavy (non-hydrogen) atoms. The number of likely N-dealkylation sites (N-methyl/N-ethyl adjacent to an activating group) is 2. The number of carbonyl (C=O) groups is 2. The van der Waals surface area contributed by atoms with Gasteiger partial charge in [0, 0.05) is 32.3 Å². The minimum absolute atomic E-state index is 0.0690. The predicted octanol–water partition coefficient (Wildman–Crippen LogP) is -0.0265. The van der Waals surface area contributed by atoms with E-state index in [0.717, 1.165) is 13.0 Å². The van der Waals surface area contributed by atoms with Crippen LogP contribution in [0.2, 0.25) is 0 Å². The van der Waals surface area contributed by atoms with Crippen LogP contribution in [0, 0.1) is 0 Å². The van der Waals surface area contributed by atoms with E-state index in [1.165, 1.54) is 13.3 Å². The topological polar surface area (TPSA) is 52.7 Å². The number of likely N-dealkylation sites (tertiary alicyclic amines) is 1. The number of thiol groups is 1. The van der Waals surface area contributed by atoms with Crippen LogP contribution >= 0.6 is 12.6 Å². The first-order valence-corrected chi connectivity index (χ1v) is 6.92. The molecular weight excluding hydrogens is 250 g/mol. The first kappa shape index (κ1) is 15.3. The van der Waals surface area contributed by atoms with Crippen molar-refractivity contribution in [2.75, 3.05) is 32.9 Å². The molecule has 0 aromatic heterocycles. The molecule has 2 atom stereocenters. The standard InChI is InChI=1S/C12H23N3O2S/c1-9(16)13-11(8-18)12(17)15(3)7-10-5-4-6-14(10)2/h10-11,18H,4-8H2,1-3H3,(H,13,16). The summed E-state index contributed by atoms with van der Waals surface area (Å²) in [6.45, 7) is 3.21. The predicted molar refractivity (Wildman–Crippen MR) is 74.7 cm³/mol. The van der Waals surface area contributed by atoms with Crippen LogP contribution in [-0.4, -0.2) is 66.6 Å². The van der Waals surface area contributed by atoms with Crippen LogP contribution in [0.1, 0.15) is 19.8 Å². The lowest BCUT2D eigenvalue weighted by atomic mass is 10.2. The molecule has 1 N–H and O–H groups in total. The van der Waals surface area contributed by atoms with E-state index in [-0.39, 0.29) is 11.8 Å². The van der Waals surface area contributed by atoms with Gasteiger partial charge in [0.2, 0.25) is 11.8 Å². The van der Waals surface area contributed by atoms with Crippen LogP contribution in [0.4, 0.5) is 0 Å². The minimum atomic E-state index is -0.525. The van der Waals surface area contributed by atoms with E-state index < -0.39 is 6.04 Å². The van der Waals surface area contributed by atoms with Gasteiger partial charge in [0.15, 0.2) is 0 Å². The Morgan fingerprint density at radius 3 is 2.67 bits per heavy atom. The van der Waals surface area contributed by atoms with Crippen LogP contribution in [0.15, 0.2) is 0 Å². The molecule has 0 aromatic carbocycles. The third kappa shape index (κ3) is 4.17. The fraction of sp³-hybridized carbons (Fsp3) is 0.833. The van der Waals surface area contributed by atoms with Crippen LogP contribution in [0.25, 0.3) is 0 Å². The second-order valence-electron chi connectivity index (χ2n) is 4.93. The first-order valence-electron chi connectivity index (χ1n) is 6.29. The van der Waals surface area contributed by atoms with Gasteiger partial charge < -0.3 is 15.1 Å². The molecule has 6 heteroatoms. The molecule has 2 amide bonds. The van der Waals surface area contributed by atoms with E-state index in [9.17, 15) is 9.59 Å². The van der Waals surface area contributed by atoms with Crippen LogP contribution < -0.4 is 5.32 Å². The molecule has 1 aliphatic heterocycles. The maximum Gasteiger partial charge on any atom is 0.245 e. The van der Waals surface area contributed by atoms with E-state index >= 15 is 0 Å². The van der Waals surface area contributed by atoms with Crippen molar-refractivity contribution in [3.63, 3.8) is 0 Å². The van der Waals surface area contributed by atoms with Crippen LogP contribution in [-0.2, 0) is 9.59 Å². The van der Waals surface area contributed by atoms with Crippen molar-refractivity contribution in [2.24, 2.45) is 0 Å². The zero-order valence-corrected chi connectivity index (χ0v) is 12.2. The number of nitrogens with one attached hydrogen (secondary N) is 1. The number of rotatable bonds is 5. The molecule has 0 radical (unpaired) electrons. The van der Waals surface area contributed by atoms with Crippen molar-refractivity contribution in [2.45, 2.75) is 31.8 Å². The molecule has 0 saturated carbocycles. The van der Waals surface area contributed by atoms with Gasteiger partial charge in [-0.3, -0.25) is 9.59 Å². The lowest BCUT2D eigenvalue weighted by Crippen LogP contribution is -2.50. The van der Waals surface area contributed by atoms with E-state index in [0.29, 0.717) is 18.3 Å². The van der Waals surface area contributed by atoms with E-state index in [1.54, 1.807) is 11.9 Å². The van der Waals surface area contributed by atoms with Gasteiger partial charge in [0.25, 0.3) is 0 Å². The Morgan fingerprint density at radius 2 is 2.22 bits per heavy atom. The van der Waals surface area contributed by atoms with Crippen molar-refractivity contribution in [3.05, 3.63) is 0 Å². The largest absolute Gasteiger partial charge is 0.344 e. The molecule has 0 aliphatic carbocycles. The molecule has 1 aliphatic rings. The fourth-order valence-electron chi connectivity index (χ4n) is 2.31. The highest BCUT2D eigenvalue weighted by atomic mass is 32.1. The maximum atomic E-state index is 12.1.